The van der Waals surface area contributed by atoms with Crippen molar-refractivity contribution in [2.75, 3.05) is 31.9 Å². The van der Waals surface area contributed by atoms with Gasteiger partial charge in [0.05, 0.1) is 12.1 Å². The Morgan fingerprint density at radius 3 is 2.48 bits per heavy atom. The summed E-state index contributed by atoms with van der Waals surface area (Å²) in [5.74, 6) is -0.0400. The highest BCUT2D eigenvalue weighted by Crippen LogP contribution is 2.39. The molecule has 11 heteroatoms. The van der Waals surface area contributed by atoms with Crippen LogP contribution in [0.25, 0.3) is 28.2 Å². The minimum Gasteiger partial charge on any atom is -0.459 e. The van der Waals surface area contributed by atoms with Crippen LogP contribution in [0.1, 0.15) is 27.2 Å². The van der Waals surface area contributed by atoms with E-state index in [0.29, 0.717) is 41.2 Å². The molecule has 0 spiro atoms. The zero-order chi connectivity index (χ0) is 28.3. The Bertz CT molecular complexity index is 1560. The molecule has 206 valence electrons. The first kappa shape index (κ1) is 26.9. The van der Waals surface area contributed by atoms with Crippen molar-refractivity contribution in [1.29, 1.82) is 0 Å². The lowest BCUT2D eigenvalue weighted by atomic mass is 9.99. The number of piperazine rings is 1. The second-order valence-electron chi connectivity index (χ2n) is 9.34. The number of benzene rings is 2. The van der Waals surface area contributed by atoms with Gasteiger partial charge in [-0.2, -0.15) is 13.2 Å². The lowest BCUT2D eigenvalue weighted by Crippen LogP contribution is -2.46. The van der Waals surface area contributed by atoms with Gasteiger partial charge >= 0.3 is 6.18 Å². The summed E-state index contributed by atoms with van der Waals surface area (Å²) in [4.78, 5) is 30.6. The van der Waals surface area contributed by atoms with Gasteiger partial charge in [0.1, 0.15) is 17.2 Å². The third kappa shape index (κ3) is 6.15. The average Bonchev–Trinajstić information content (AvgIpc) is 3.38. The van der Waals surface area contributed by atoms with Crippen molar-refractivity contribution in [3.8, 4) is 11.1 Å². The molecule has 0 atom stereocenters. The Balaban J connectivity index is 1.35. The van der Waals surface area contributed by atoms with Crippen LogP contribution in [-0.4, -0.2) is 47.9 Å². The maximum Gasteiger partial charge on any atom is 0.420 e. The van der Waals surface area contributed by atoms with E-state index in [1.807, 2.05) is 0 Å². The van der Waals surface area contributed by atoms with Gasteiger partial charge in [-0.1, -0.05) is 12.1 Å². The van der Waals surface area contributed by atoms with Crippen LogP contribution in [0.15, 0.2) is 71.3 Å². The number of nitrogens with two attached hydrogens (primary N) is 1. The van der Waals surface area contributed by atoms with Crippen LogP contribution in [0.3, 0.4) is 0 Å². The third-order valence-electron chi connectivity index (χ3n) is 6.52. The molecule has 8 nitrogen and oxygen atoms in total. The van der Waals surface area contributed by atoms with E-state index in [1.54, 1.807) is 47.4 Å². The molecule has 0 radical (unpaired) electrons. The summed E-state index contributed by atoms with van der Waals surface area (Å²) in [6, 6.07) is 13.9. The molecule has 1 aliphatic heterocycles. The molecule has 40 heavy (non-hydrogen) atoms. The Labute approximate surface area is 227 Å². The number of fused-ring (bicyclic) bond motifs is 1. The van der Waals surface area contributed by atoms with Crippen LogP contribution in [0, 0.1) is 0 Å². The number of hydrogen-bond donors (Lipinski definition) is 3. The molecule has 0 saturated carbocycles. The first-order valence-corrected chi connectivity index (χ1v) is 12.6. The lowest BCUT2D eigenvalue weighted by molar-refractivity contribution is -0.136. The molecule has 0 unspecified atom stereocenters. The molecule has 0 bridgehead atoms. The van der Waals surface area contributed by atoms with Crippen molar-refractivity contribution < 1.29 is 27.2 Å². The number of carbonyl (C=O) groups is 2. The Morgan fingerprint density at radius 1 is 1.05 bits per heavy atom. The first-order valence-electron chi connectivity index (χ1n) is 12.6. The zero-order valence-electron chi connectivity index (χ0n) is 21.3. The molecule has 1 aliphatic rings. The highest BCUT2D eigenvalue weighted by Gasteiger charge is 2.35. The molecule has 0 aliphatic carbocycles. The number of anilines is 1. The van der Waals surface area contributed by atoms with Crippen LogP contribution >= 0.6 is 0 Å². The van der Waals surface area contributed by atoms with Gasteiger partial charge in [0, 0.05) is 49.4 Å². The fourth-order valence-corrected chi connectivity index (χ4v) is 4.45. The Kier molecular flexibility index (Phi) is 7.56. The minimum absolute atomic E-state index is 0.104. The Morgan fingerprint density at radius 2 is 1.80 bits per heavy atom. The summed E-state index contributed by atoms with van der Waals surface area (Å²) in [6.45, 7) is 2.54. The quantitative estimate of drug-likeness (QED) is 0.306. The standard InChI is InChI=1S/C29H26F3N5O3/c30-29(31,32)24-15-21(19-3-5-20(6-4-19)28(39)37-11-9-34-10-12-37)13-22-14-23(40-27(22)24)17-36-26(38)8-2-18-1-7-25(33)35-16-18/h1-8,13-16,34H,9-12,17H2,(H2,33,35)(H,36,38). The highest BCUT2D eigenvalue weighted by atomic mass is 19.4. The van der Waals surface area contributed by atoms with Gasteiger partial charge in [0.25, 0.3) is 5.91 Å². The first-order chi connectivity index (χ1) is 19.2. The van der Waals surface area contributed by atoms with Gasteiger partial charge in [-0.3, -0.25) is 9.59 Å². The van der Waals surface area contributed by atoms with Crippen LogP contribution in [0.4, 0.5) is 19.0 Å². The molecular formula is C29H26F3N5O3. The molecule has 2 amide bonds. The molecule has 2 aromatic carbocycles. The van der Waals surface area contributed by atoms with E-state index < -0.39 is 17.6 Å². The van der Waals surface area contributed by atoms with E-state index in [0.717, 1.165) is 19.2 Å². The largest absolute Gasteiger partial charge is 0.459 e. The van der Waals surface area contributed by atoms with E-state index in [4.69, 9.17) is 10.2 Å². The molecule has 4 N–H and O–H groups in total. The predicted molar refractivity (Wildman–Crippen MR) is 145 cm³/mol. The molecule has 5 rings (SSSR count). The van der Waals surface area contributed by atoms with Gasteiger partial charge in [0.2, 0.25) is 5.91 Å². The van der Waals surface area contributed by atoms with Crippen LogP contribution in [0.2, 0.25) is 0 Å². The number of rotatable bonds is 6. The fraction of sp³-hybridized carbons (Fsp3) is 0.207. The average molecular weight is 550 g/mol. The number of furan rings is 1. The number of nitrogens with zero attached hydrogens (tertiary/aromatic N) is 2. The SMILES string of the molecule is Nc1ccc(C=CC(=O)NCc2cc3cc(-c4ccc(C(=O)N5CCNCC5)cc4)cc(C(F)(F)F)c3o2)cn1. The number of nitrogens with one attached hydrogen (secondary N) is 2. The van der Waals surface area contributed by atoms with E-state index in [-0.39, 0.29) is 29.2 Å². The normalized spacial score (nSPS) is 14.1. The topological polar surface area (TPSA) is 113 Å². The summed E-state index contributed by atoms with van der Waals surface area (Å²) in [6.07, 6.45) is -0.337. The van der Waals surface area contributed by atoms with Gasteiger partial charge in [-0.05, 0) is 65.2 Å². The maximum atomic E-state index is 14.0. The number of halogens is 3. The van der Waals surface area contributed by atoms with Crippen LogP contribution < -0.4 is 16.4 Å². The lowest BCUT2D eigenvalue weighted by Gasteiger charge is -2.27. The fourth-order valence-electron chi connectivity index (χ4n) is 4.45. The van der Waals surface area contributed by atoms with Gasteiger partial charge < -0.3 is 25.7 Å². The number of carbonyl (C=O) groups excluding carboxylic acids is 2. The number of nitrogen functional groups attached to an aromatic ring is 1. The molecule has 2 aromatic heterocycles. The summed E-state index contributed by atoms with van der Waals surface area (Å²) < 4.78 is 47.5. The summed E-state index contributed by atoms with van der Waals surface area (Å²) in [5.41, 5.74) is 6.31. The number of pyridine rings is 1. The van der Waals surface area contributed by atoms with E-state index >= 15 is 0 Å². The smallest absolute Gasteiger partial charge is 0.420 e. The minimum atomic E-state index is -4.67. The number of aromatic nitrogens is 1. The summed E-state index contributed by atoms with van der Waals surface area (Å²) in [7, 11) is 0. The number of amides is 2. The third-order valence-corrected chi connectivity index (χ3v) is 6.52. The van der Waals surface area contributed by atoms with Crippen molar-refractivity contribution in [2.24, 2.45) is 0 Å². The van der Waals surface area contributed by atoms with Gasteiger partial charge in [-0.25, -0.2) is 4.98 Å². The van der Waals surface area contributed by atoms with Gasteiger partial charge in [-0.15, -0.1) is 0 Å². The molecule has 1 fully saturated rings. The van der Waals surface area contributed by atoms with Crippen molar-refractivity contribution in [3.63, 3.8) is 0 Å². The second kappa shape index (κ2) is 11.2. The summed E-state index contributed by atoms with van der Waals surface area (Å²) >= 11 is 0. The molecule has 4 aromatic rings. The predicted octanol–water partition coefficient (Wildman–Crippen LogP) is 4.47. The van der Waals surface area contributed by atoms with Crippen LogP contribution in [-0.2, 0) is 17.5 Å². The van der Waals surface area contributed by atoms with E-state index in [9.17, 15) is 22.8 Å². The number of hydrogen-bond acceptors (Lipinski definition) is 6. The molecular weight excluding hydrogens is 523 g/mol. The van der Waals surface area contributed by atoms with Crippen molar-refractivity contribution in [1.82, 2.24) is 20.5 Å². The number of alkyl halides is 3. The van der Waals surface area contributed by atoms with Crippen LogP contribution in [0.5, 0.6) is 0 Å². The second-order valence-corrected chi connectivity index (χ2v) is 9.34. The zero-order valence-corrected chi connectivity index (χ0v) is 21.3. The van der Waals surface area contributed by atoms with E-state index in [1.165, 1.54) is 24.4 Å². The van der Waals surface area contributed by atoms with E-state index in [2.05, 4.69) is 15.6 Å². The van der Waals surface area contributed by atoms with Crippen molar-refractivity contribution in [3.05, 3.63) is 89.3 Å². The highest BCUT2D eigenvalue weighted by molar-refractivity contribution is 5.95. The Hall–Kier alpha value is -4.64. The maximum absolute atomic E-state index is 14.0. The van der Waals surface area contributed by atoms with Crippen molar-refractivity contribution in [2.45, 2.75) is 12.7 Å². The van der Waals surface area contributed by atoms with Gasteiger partial charge in [0.15, 0.2) is 0 Å². The van der Waals surface area contributed by atoms with Crippen molar-refractivity contribution >= 4 is 34.7 Å². The molecule has 3 heterocycles. The summed E-state index contributed by atoms with van der Waals surface area (Å²) in [5, 5.41) is 6.04. The monoisotopic (exact) mass is 549 g/mol. The molecule has 1 saturated heterocycles.